The van der Waals surface area contributed by atoms with Gasteiger partial charge < -0.3 is 9.52 Å². The normalized spacial score (nSPS) is 12.3. The first kappa shape index (κ1) is 12.6. The van der Waals surface area contributed by atoms with Crippen LogP contribution in [0.5, 0.6) is 0 Å². The number of hydrogen-bond donors (Lipinski definition) is 1. The van der Waals surface area contributed by atoms with E-state index in [4.69, 9.17) is 9.52 Å². The van der Waals surface area contributed by atoms with Crippen molar-refractivity contribution in [2.45, 2.75) is 17.6 Å². The topological polar surface area (TPSA) is 67.5 Å². The quantitative estimate of drug-likeness (QED) is 0.921. The summed E-state index contributed by atoms with van der Waals surface area (Å²) in [5.41, 5.74) is 1.10. The molecule has 1 aromatic carbocycles. The van der Waals surface area contributed by atoms with Crippen molar-refractivity contribution < 1.29 is 18.5 Å². The first-order valence-electron chi connectivity index (χ1n) is 5.33. The third-order valence-electron chi connectivity index (χ3n) is 2.43. The molecular weight excluding hydrogens is 252 g/mol. The zero-order valence-electron chi connectivity index (χ0n) is 9.75. The van der Waals surface area contributed by atoms with Gasteiger partial charge in [-0.05, 0) is 31.2 Å². The maximum absolute atomic E-state index is 12.0. The summed E-state index contributed by atoms with van der Waals surface area (Å²) in [5, 5.41) is 8.71. The van der Waals surface area contributed by atoms with Crippen molar-refractivity contribution in [2.75, 3.05) is 0 Å². The Balaban J connectivity index is 2.11. The predicted octanol–water partition coefficient (Wildman–Crippen LogP) is 2.59. The Labute approximate surface area is 107 Å². The fourth-order valence-electron chi connectivity index (χ4n) is 1.47. The van der Waals surface area contributed by atoms with Crippen molar-refractivity contribution >= 4 is 16.8 Å². The van der Waals surface area contributed by atoms with Gasteiger partial charge in [0.15, 0.2) is 0 Å². The zero-order valence-corrected chi connectivity index (χ0v) is 10.6. The molecule has 0 amide bonds. The summed E-state index contributed by atoms with van der Waals surface area (Å²) in [5.74, 6) is -0.671. The average molecular weight is 264 g/mol. The van der Waals surface area contributed by atoms with E-state index in [1.165, 1.54) is 12.1 Å². The largest absolute Gasteiger partial charge is 0.475 e. The molecule has 5 heteroatoms. The van der Waals surface area contributed by atoms with Crippen molar-refractivity contribution in [1.29, 1.82) is 0 Å². The zero-order chi connectivity index (χ0) is 13.1. The third-order valence-corrected chi connectivity index (χ3v) is 3.77. The van der Waals surface area contributed by atoms with Gasteiger partial charge in [0.25, 0.3) is 0 Å². The highest BCUT2D eigenvalue weighted by atomic mass is 32.2. The lowest BCUT2D eigenvalue weighted by Gasteiger charge is -2.00. The van der Waals surface area contributed by atoms with Crippen molar-refractivity contribution in [3.8, 4) is 0 Å². The maximum Gasteiger partial charge on any atom is 0.371 e. The van der Waals surface area contributed by atoms with E-state index in [1.807, 2.05) is 19.1 Å². The summed E-state index contributed by atoms with van der Waals surface area (Å²) < 4.78 is 17.1. The van der Waals surface area contributed by atoms with E-state index in [9.17, 15) is 9.00 Å². The predicted molar refractivity (Wildman–Crippen MR) is 67.0 cm³/mol. The molecule has 18 heavy (non-hydrogen) atoms. The number of furan rings is 1. The molecular formula is C13H12O4S. The van der Waals surface area contributed by atoms with Crippen LogP contribution in [0.25, 0.3) is 0 Å². The summed E-state index contributed by atoms with van der Waals surface area (Å²) in [6.07, 6.45) is 0. The second-order valence-electron chi connectivity index (χ2n) is 3.87. The smallest absolute Gasteiger partial charge is 0.371 e. The Kier molecular flexibility index (Phi) is 3.62. The highest BCUT2D eigenvalue weighted by Crippen LogP contribution is 2.15. The van der Waals surface area contributed by atoms with Crippen LogP contribution < -0.4 is 0 Å². The number of aryl methyl sites for hydroxylation is 1. The standard InChI is InChI=1S/C13H12O4S/c1-9-2-5-11(6-3-9)18(16)8-10-4-7-12(17-10)13(14)15/h2-7H,8H2,1H3,(H,14,15). The fourth-order valence-corrected chi connectivity index (χ4v) is 2.49. The van der Waals surface area contributed by atoms with Gasteiger partial charge in [0.1, 0.15) is 5.76 Å². The third kappa shape index (κ3) is 2.87. The molecule has 0 aliphatic heterocycles. The number of carbonyl (C=O) groups is 1. The fraction of sp³-hybridized carbons (Fsp3) is 0.154. The summed E-state index contributed by atoms with van der Waals surface area (Å²) in [6.45, 7) is 1.96. The van der Waals surface area contributed by atoms with E-state index < -0.39 is 16.8 Å². The number of rotatable bonds is 4. The molecule has 0 aliphatic rings. The number of benzene rings is 1. The summed E-state index contributed by atoms with van der Waals surface area (Å²) in [6, 6.07) is 10.3. The molecule has 0 bridgehead atoms. The molecule has 0 aliphatic carbocycles. The van der Waals surface area contributed by atoms with Gasteiger partial charge in [-0.3, -0.25) is 4.21 Å². The van der Waals surface area contributed by atoms with Gasteiger partial charge in [-0.25, -0.2) is 4.79 Å². The Morgan fingerprint density at radius 1 is 1.22 bits per heavy atom. The first-order chi connectivity index (χ1) is 8.56. The molecule has 2 rings (SSSR count). The van der Waals surface area contributed by atoms with E-state index >= 15 is 0 Å². The average Bonchev–Trinajstić information content (AvgIpc) is 2.78. The Hall–Kier alpha value is -1.88. The molecule has 94 valence electrons. The minimum atomic E-state index is -1.23. The lowest BCUT2D eigenvalue weighted by atomic mass is 10.2. The van der Waals surface area contributed by atoms with Crippen LogP contribution in [0.1, 0.15) is 21.9 Å². The number of aromatic carboxylic acids is 1. The lowest BCUT2D eigenvalue weighted by Crippen LogP contribution is -1.96. The second-order valence-corrected chi connectivity index (χ2v) is 5.33. The van der Waals surface area contributed by atoms with Gasteiger partial charge in [-0.1, -0.05) is 17.7 Å². The molecule has 0 fully saturated rings. The van der Waals surface area contributed by atoms with Crippen LogP contribution >= 0.6 is 0 Å². The number of carboxylic acids is 1. The van der Waals surface area contributed by atoms with Crippen molar-refractivity contribution in [3.05, 3.63) is 53.5 Å². The van der Waals surface area contributed by atoms with Crippen molar-refractivity contribution in [1.82, 2.24) is 0 Å². The molecule has 0 saturated carbocycles. The van der Waals surface area contributed by atoms with E-state index in [1.54, 1.807) is 12.1 Å². The van der Waals surface area contributed by atoms with Crippen LogP contribution in [0.3, 0.4) is 0 Å². The Morgan fingerprint density at radius 3 is 2.44 bits per heavy atom. The van der Waals surface area contributed by atoms with Gasteiger partial charge in [-0.15, -0.1) is 0 Å². The minimum Gasteiger partial charge on any atom is -0.475 e. The minimum absolute atomic E-state index is 0.133. The molecule has 1 N–H and O–H groups in total. The van der Waals surface area contributed by atoms with Crippen LogP contribution in [-0.2, 0) is 16.6 Å². The van der Waals surface area contributed by atoms with Gasteiger partial charge in [-0.2, -0.15) is 0 Å². The van der Waals surface area contributed by atoms with Crippen LogP contribution in [0.15, 0.2) is 45.7 Å². The summed E-state index contributed by atoms with van der Waals surface area (Å²) >= 11 is 0. The van der Waals surface area contributed by atoms with Crippen molar-refractivity contribution in [2.24, 2.45) is 0 Å². The highest BCUT2D eigenvalue weighted by Gasteiger charge is 2.12. The number of hydrogen-bond acceptors (Lipinski definition) is 3. The first-order valence-corrected chi connectivity index (χ1v) is 6.65. The maximum atomic E-state index is 12.0. The van der Waals surface area contributed by atoms with Crippen LogP contribution in [-0.4, -0.2) is 15.3 Å². The molecule has 2 aromatic rings. The van der Waals surface area contributed by atoms with Crippen LogP contribution in [0.4, 0.5) is 0 Å². The van der Waals surface area contributed by atoms with Gasteiger partial charge in [0, 0.05) is 4.90 Å². The van der Waals surface area contributed by atoms with E-state index in [0.717, 1.165) is 5.56 Å². The molecule has 1 atom stereocenters. The molecule has 4 nitrogen and oxygen atoms in total. The lowest BCUT2D eigenvalue weighted by molar-refractivity contribution is 0.0661. The summed E-state index contributed by atoms with van der Waals surface area (Å²) in [7, 11) is -1.23. The molecule has 1 aromatic heterocycles. The summed E-state index contributed by atoms with van der Waals surface area (Å²) in [4.78, 5) is 11.3. The monoisotopic (exact) mass is 264 g/mol. The molecule has 0 saturated heterocycles. The van der Waals surface area contributed by atoms with Gasteiger partial charge >= 0.3 is 5.97 Å². The van der Waals surface area contributed by atoms with Gasteiger partial charge in [0.2, 0.25) is 5.76 Å². The molecule has 0 radical (unpaired) electrons. The van der Waals surface area contributed by atoms with E-state index in [-0.39, 0.29) is 11.5 Å². The second kappa shape index (κ2) is 5.18. The molecule has 1 heterocycles. The Bertz CT molecular complexity index is 583. The Morgan fingerprint density at radius 2 is 1.89 bits per heavy atom. The van der Waals surface area contributed by atoms with Crippen molar-refractivity contribution in [3.63, 3.8) is 0 Å². The van der Waals surface area contributed by atoms with E-state index in [2.05, 4.69) is 0 Å². The molecule has 0 spiro atoms. The van der Waals surface area contributed by atoms with Crippen LogP contribution in [0.2, 0.25) is 0 Å². The van der Waals surface area contributed by atoms with E-state index in [0.29, 0.717) is 10.7 Å². The van der Waals surface area contributed by atoms with Crippen LogP contribution in [0, 0.1) is 6.92 Å². The SMILES string of the molecule is Cc1ccc(S(=O)Cc2ccc(C(=O)O)o2)cc1. The molecule has 1 unspecified atom stereocenters. The highest BCUT2D eigenvalue weighted by molar-refractivity contribution is 7.84. The van der Waals surface area contributed by atoms with Gasteiger partial charge in [0.05, 0.1) is 16.6 Å². The number of carboxylic acid groups (broad SMARTS) is 1.